The van der Waals surface area contributed by atoms with Gasteiger partial charge in [-0.05, 0) is 38.2 Å². The number of ether oxygens (including phenoxy) is 1. The van der Waals surface area contributed by atoms with E-state index in [1.54, 1.807) is 23.5 Å². The molecule has 96 valence electrons. The normalized spacial score (nSPS) is 10.6. The molecule has 0 amide bonds. The first-order chi connectivity index (χ1) is 8.69. The summed E-state index contributed by atoms with van der Waals surface area (Å²) in [5.41, 5.74) is 1.03. The van der Waals surface area contributed by atoms with Crippen LogP contribution >= 0.6 is 11.3 Å². The van der Waals surface area contributed by atoms with Gasteiger partial charge in [0.25, 0.3) is 0 Å². The Balaban J connectivity index is 1.97. The van der Waals surface area contributed by atoms with Gasteiger partial charge in [-0.3, -0.25) is 0 Å². The molecule has 1 aromatic heterocycles. The Labute approximate surface area is 110 Å². The first-order valence-corrected chi connectivity index (χ1v) is 6.49. The van der Waals surface area contributed by atoms with Crippen molar-refractivity contribution in [2.75, 3.05) is 7.05 Å². The van der Waals surface area contributed by atoms with Gasteiger partial charge in [-0.2, -0.15) is 0 Å². The monoisotopic (exact) mass is 266 g/mol. The number of aryl methyl sites for hydroxylation is 1. The van der Waals surface area contributed by atoms with Gasteiger partial charge in [-0.15, -0.1) is 11.3 Å². The lowest BCUT2D eigenvalue weighted by atomic mass is 10.3. The Bertz CT molecular complexity index is 510. The highest BCUT2D eigenvalue weighted by Crippen LogP contribution is 2.20. The van der Waals surface area contributed by atoms with Crippen molar-refractivity contribution in [3.8, 4) is 5.75 Å². The van der Waals surface area contributed by atoms with E-state index in [1.165, 1.54) is 17.0 Å². The standard InChI is InChI=1S/C13H15FN2OS/c1-9-12(7-15-2)18-13(16-9)8-17-11-5-3-10(14)4-6-11/h3-6,15H,7-8H2,1-2H3. The van der Waals surface area contributed by atoms with Crippen LogP contribution in [0.2, 0.25) is 0 Å². The molecule has 18 heavy (non-hydrogen) atoms. The van der Waals surface area contributed by atoms with Crippen molar-refractivity contribution in [1.29, 1.82) is 0 Å². The van der Waals surface area contributed by atoms with Crippen LogP contribution in [0.15, 0.2) is 24.3 Å². The van der Waals surface area contributed by atoms with Gasteiger partial charge in [0.05, 0.1) is 5.69 Å². The van der Waals surface area contributed by atoms with E-state index >= 15 is 0 Å². The molecule has 3 nitrogen and oxygen atoms in total. The second-order valence-corrected chi connectivity index (χ2v) is 5.06. The Kier molecular flexibility index (Phi) is 4.28. The molecule has 1 N–H and O–H groups in total. The summed E-state index contributed by atoms with van der Waals surface area (Å²) < 4.78 is 18.3. The third-order valence-corrected chi connectivity index (χ3v) is 3.58. The molecule has 0 bridgehead atoms. The number of nitrogens with zero attached hydrogens (tertiary/aromatic N) is 1. The zero-order chi connectivity index (χ0) is 13.0. The summed E-state index contributed by atoms with van der Waals surface area (Å²) in [6.07, 6.45) is 0. The number of thiazole rings is 1. The summed E-state index contributed by atoms with van der Waals surface area (Å²) in [6.45, 7) is 3.23. The molecule has 0 aliphatic heterocycles. The molecule has 0 unspecified atom stereocenters. The van der Waals surface area contributed by atoms with Crippen molar-refractivity contribution >= 4 is 11.3 Å². The van der Waals surface area contributed by atoms with Crippen molar-refractivity contribution in [3.63, 3.8) is 0 Å². The van der Waals surface area contributed by atoms with E-state index in [0.717, 1.165) is 17.2 Å². The van der Waals surface area contributed by atoms with Gasteiger partial charge in [0.1, 0.15) is 23.2 Å². The molecule has 2 rings (SSSR count). The summed E-state index contributed by atoms with van der Waals surface area (Å²) in [4.78, 5) is 5.66. The maximum absolute atomic E-state index is 12.7. The average Bonchev–Trinajstić information content (AvgIpc) is 2.70. The smallest absolute Gasteiger partial charge is 0.140 e. The highest BCUT2D eigenvalue weighted by Gasteiger charge is 2.07. The van der Waals surface area contributed by atoms with E-state index in [2.05, 4.69) is 10.3 Å². The first kappa shape index (κ1) is 13.0. The summed E-state index contributed by atoms with van der Waals surface area (Å²) >= 11 is 1.63. The van der Waals surface area contributed by atoms with Gasteiger partial charge in [-0.25, -0.2) is 9.37 Å². The molecule has 5 heteroatoms. The van der Waals surface area contributed by atoms with Crippen LogP contribution in [0.4, 0.5) is 4.39 Å². The molecule has 1 heterocycles. The fraction of sp³-hybridized carbons (Fsp3) is 0.308. The van der Waals surface area contributed by atoms with E-state index in [0.29, 0.717) is 12.4 Å². The highest BCUT2D eigenvalue weighted by molar-refractivity contribution is 7.11. The molecule has 0 aliphatic carbocycles. The van der Waals surface area contributed by atoms with Crippen LogP contribution in [0.3, 0.4) is 0 Å². The Hall–Kier alpha value is -1.46. The number of halogens is 1. The molecular formula is C13H15FN2OS. The molecule has 0 saturated heterocycles. The van der Waals surface area contributed by atoms with E-state index in [1.807, 2.05) is 14.0 Å². The zero-order valence-electron chi connectivity index (χ0n) is 10.4. The summed E-state index contributed by atoms with van der Waals surface area (Å²) in [5.74, 6) is 0.392. The number of hydrogen-bond donors (Lipinski definition) is 1. The van der Waals surface area contributed by atoms with E-state index in [-0.39, 0.29) is 5.82 Å². The van der Waals surface area contributed by atoms with Gasteiger partial charge in [0.2, 0.25) is 0 Å². The van der Waals surface area contributed by atoms with Gasteiger partial charge < -0.3 is 10.1 Å². The van der Waals surface area contributed by atoms with Crippen molar-refractivity contribution in [2.45, 2.75) is 20.1 Å². The summed E-state index contributed by atoms with van der Waals surface area (Å²) in [6, 6.07) is 6.00. The lowest BCUT2D eigenvalue weighted by molar-refractivity contribution is 0.305. The first-order valence-electron chi connectivity index (χ1n) is 5.67. The lowest BCUT2D eigenvalue weighted by Crippen LogP contribution is -2.04. The maximum atomic E-state index is 12.7. The van der Waals surface area contributed by atoms with Crippen LogP contribution in [0.1, 0.15) is 15.6 Å². The average molecular weight is 266 g/mol. The predicted octanol–water partition coefficient (Wildman–Crippen LogP) is 2.89. The fourth-order valence-electron chi connectivity index (χ4n) is 1.55. The quantitative estimate of drug-likeness (QED) is 0.903. The number of benzene rings is 1. The minimum Gasteiger partial charge on any atom is -0.486 e. The molecule has 0 radical (unpaired) electrons. The minimum absolute atomic E-state index is 0.260. The van der Waals surface area contributed by atoms with Gasteiger partial charge in [0, 0.05) is 11.4 Å². The Morgan fingerprint density at radius 1 is 1.33 bits per heavy atom. The number of hydrogen-bond acceptors (Lipinski definition) is 4. The second kappa shape index (κ2) is 5.93. The van der Waals surface area contributed by atoms with Crippen molar-refractivity contribution < 1.29 is 9.13 Å². The van der Waals surface area contributed by atoms with Crippen LogP contribution in [0, 0.1) is 12.7 Å². The number of aromatic nitrogens is 1. The maximum Gasteiger partial charge on any atom is 0.140 e. The van der Waals surface area contributed by atoms with Crippen LogP contribution in [-0.2, 0) is 13.2 Å². The van der Waals surface area contributed by atoms with E-state index in [4.69, 9.17) is 4.74 Å². The van der Waals surface area contributed by atoms with Crippen LogP contribution in [0.25, 0.3) is 0 Å². The topological polar surface area (TPSA) is 34.1 Å². The second-order valence-electron chi connectivity index (χ2n) is 3.89. The predicted molar refractivity (Wildman–Crippen MR) is 70.3 cm³/mol. The third-order valence-electron chi connectivity index (χ3n) is 2.45. The lowest BCUT2D eigenvalue weighted by Gasteiger charge is -2.02. The van der Waals surface area contributed by atoms with Crippen LogP contribution in [-0.4, -0.2) is 12.0 Å². The van der Waals surface area contributed by atoms with Crippen molar-refractivity contribution in [3.05, 3.63) is 45.7 Å². The Morgan fingerprint density at radius 2 is 2.06 bits per heavy atom. The molecule has 1 aromatic carbocycles. The van der Waals surface area contributed by atoms with Crippen molar-refractivity contribution in [1.82, 2.24) is 10.3 Å². The van der Waals surface area contributed by atoms with Crippen LogP contribution in [0.5, 0.6) is 5.75 Å². The highest BCUT2D eigenvalue weighted by atomic mass is 32.1. The third kappa shape index (κ3) is 3.27. The summed E-state index contributed by atoms with van der Waals surface area (Å²) in [7, 11) is 1.91. The van der Waals surface area contributed by atoms with Gasteiger partial charge in [-0.1, -0.05) is 0 Å². The zero-order valence-corrected chi connectivity index (χ0v) is 11.2. The van der Waals surface area contributed by atoms with Gasteiger partial charge in [0.15, 0.2) is 0 Å². The van der Waals surface area contributed by atoms with Crippen molar-refractivity contribution in [2.24, 2.45) is 0 Å². The van der Waals surface area contributed by atoms with E-state index in [9.17, 15) is 4.39 Å². The van der Waals surface area contributed by atoms with Gasteiger partial charge >= 0.3 is 0 Å². The largest absolute Gasteiger partial charge is 0.486 e. The molecule has 0 spiro atoms. The molecule has 0 aliphatic rings. The number of nitrogens with one attached hydrogen (secondary N) is 1. The van der Waals surface area contributed by atoms with E-state index < -0.39 is 0 Å². The Morgan fingerprint density at radius 3 is 2.72 bits per heavy atom. The molecule has 2 aromatic rings. The molecule has 0 atom stereocenters. The molecule has 0 saturated carbocycles. The SMILES string of the molecule is CNCc1sc(COc2ccc(F)cc2)nc1C. The number of rotatable bonds is 5. The molecule has 0 fully saturated rings. The van der Waals surface area contributed by atoms with Crippen LogP contribution < -0.4 is 10.1 Å². The molecular weight excluding hydrogens is 251 g/mol. The minimum atomic E-state index is -0.260. The summed E-state index contributed by atoms with van der Waals surface area (Å²) in [5, 5.41) is 4.04. The fourth-order valence-corrected chi connectivity index (χ4v) is 2.55.